The number of amides is 1. The maximum atomic E-state index is 12.3. The Morgan fingerprint density at radius 3 is 2.65 bits per heavy atom. The van der Waals surface area contributed by atoms with Crippen molar-refractivity contribution >= 4 is 39.6 Å². The predicted octanol–water partition coefficient (Wildman–Crippen LogP) is 5.18. The van der Waals surface area contributed by atoms with Crippen LogP contribution in [-0.4, -0.2) is 27.0 Å². The number of nitrogens with one attached hydrogen (secondary N) is 2. The number of aromatic amines is 1. The summed E-state index contributed by atoms with van der Waals surface area (Å²) in [6.07, 6.45) is 1.49. The number of nitrogens with zero attached hydrogens (tertiary/aromatic N) is 3. The molecule has 0 atom stereocenters. The Bertz CT molecular complexity index is 1550. The van der Waals surface area contributed by atoms with Gasteiger partial charge in [-0.25, -0.2) is 10.4 Å². The number of carbonyl (C=O) groups excluding carboxylic acids is 1. The highest BCUT2D eigenvalue weighted by Crippen LogP contribution is 2.29. The third-order valence-electron chi connectivity index (χ3n) is 5.13. The van der Waals surface area contributed by atoms with Gasteiger partial charge in [-0.05, 0) is 47.3 Å². The zero-order valence-corrected chi connectivity index (χ0v) is 17.6. The molecule has 1 heterocycles. The average molecular weight is 451 g/mol. The average Bonchev–Trinajstić information content (AvgIpc) is 3.29. The lowest BCUT2D eigenvalue weighted by molar-refractivity contribution is -0.384. The van der Waals surface area contributed by atoms with Crippen LogP contribution < -0.4 is 10.2 Å². The molecule has 0 saturated carbocycles. The number of H-pyrrole nitrogens is 1. The second-order valence-corrected chi connectivity index (χ2v) is 7.39. The molecule has 5 rings (SSSR count). The molecule has 0 aliphatic heterocycles. The largest absolute Gasteiger partial charge is 0.457 e. The summed E-state index contributed by atoms with van der Waals surface area (Å²) in [4.78, 5) is 29.6. The molecule has 0 bridgehead atoms. The minimum atomic E-state index is -0.564. The third-order valence-corrected chi connectivity index (χ3v) is 5.13. The van der Waals surface area contributed by atoms with E-state index in [1.54, 1.807) is 0 Å². The molecular formula is C25H17N5O4. The van der Waals surface area contributed by atoms with Crippen LogP contribution in [0.3, 0.4) is 0 Å². The molecule has 0 spiro atoms. The molecule has 1 amide bonds. The van der Waals surface area contributed by atoms with Crippen LogP contribution in [0, 0.1) is 10.1 Å². The van der Waals surface area contributed by atoms with E-state index in [0.717, 1.165) is 22.1 Å². The van der Waals surface area contributed by atoms with Gasteiger partial charge in [0.15, 0.2) is 5.82 Å². The van der Waals surface area contributed by atoms with Crippen LogP contribution in [-0.2, 0) is 0 Å². The Labute approximate surface area is 192 Å². The van der Waals surface area contributed by atoms with E-state index in [1.165, 1.54) is 24.4 Å². The molecule has 9 heteroatoms. The van der Waals surface area contributed by atoms with E-state index in [9.17, 15) is 14.9 Å². The zero-order valence-electron chi connectivity index (χ0n) is 17.6. The van der Waals surface area contributed by atoms with Crippen molar-refractivity contribution in [1.82, 2.24) is 15.4 Å². The number of imidazole rings is 1. The molecule has 9 nitrogen and oxygen atoms in total. The Kier molecular flexibility index (Phi) is 5.41. The molecule has 0 saturated heterocycles. The van der Waals surface area contributed by atoms with E-state index < -0.39 is 10.8 Å². The van der Waals surface area contributed by atoms with Crippen LogP contribution in [0.25, 0.3) is 21.8 Å². The summed E-state index contributed by atoms with van der Waals surface area (Å²) in [6, 6.07) is 25.3. The first kappa shape index (κ1) is 20.8. The minimum Gasteiger partial charge on any atom is -0.457 e. The van der Waals surface area contributed by atoms with Crippen molar-refractivity contribution in [2.45, 2.75) is 0 Å². The molecule has 4 aromatic carbocycles. The first-order chi connectivity index (χ1) is 16.6. The number of benzene rings is 4. The van der Waals surface area contributed by atoms with Gasteiger partial charge < -0.3 is 9.72 Å². The van der Waals surface area contributed by atoms with Crippen LogP contribution >= 0.6 is 0 Å². The van der Waals surface area contributed by atoms with Crippen molar-refractivity contribution < 1.29 is 14.5 Å². The smallest absolute Gasteiger partial charge is 0.307 e. The number of rotatable bonds is 6. The quantitative estimate of drug-likeness (QED) is 0.209. The van der Waals surface area contributed by atoms with E-state index >= 15 is 0 Å². The second-order valence-electron chi connectivity index (χ2n) is 7.39. The first-order valence-electron chi connectivity index (χ1n) is 10.3. The molecular weight excluding hydrogens is 434 g/mol. The van der Waals surface area contributed by atoms with Crippen LogP contribution in [0.4, 0.5) is 5.69 Å². The van der Waals surface area contributed by atoms with Gasteiger partial charge in [0.05, 0.1) is 22.2 Å². The minimum absolute atomic E-state index is 0.00600. The third kappa shape index (κ3) is 4.30. The topological polar surface area (TPSA) is 123 Å². The lowest BCUT2D eigenvalue weighted by atomic mass is 10.1. The summed E-state index contributed by atoms with van der Waals surface area (Å²) in [7, 11) is 0. The lowest BCUT2D eigenvalue weighted by Crippen LogP contribution is -2.19. The SMILES string of the molecule is O=C(N/N=C/c1ccc(Oc2cccc3ccccc23)cc1)c1nc2ccc([N+](=O)[O-])cc2[nH]1. The monoisotopic (exact) mass is 451 g/mol. The maximum Gasteiger partial charge on any atom is 0.307 e. The summed E-state index contributed by atoms with van der Waals surface area (Å²) < 4.78 is 6.03. The predicted molar refractivity (Wildman–Crippen MR) is 128 cm³/mol. The van der Waals surface area contributed by atoms with Gasteiger partial charge in [0, 0.05) is 17.5 Å². The number of aromatic nitrogens is 2. The summed E-state index contributed by atoms with van der Waals surface area (Å²) in [5.41, 5.74) is 3.90. The van der Waals surface area contributed by atoms with Gasteiger partial charge >= 0.3 is 5.91 Å². The van der Waals surface area contributed by atoms with Crippen molar-refractivity contribution in [2.75, 3.05) is 0 Å². The molecule has 0 aliphatic rings. The molecule has 2 N–H and O–H groups in total. The molecule has 0 unspecified atom stereocenters. The summed E-state index contributed by atoms with van der Waals surface area (Å²) in [5, 5.41) is 17.0. The Morgan fingerprint density at radius 2 is 1.82 bits per heavy atom. The van der Waals surface area contributed by atoms with Gasteiger partial charge in [-0.15, -0.1) is 0 Å². The number of ether oxygens (including phenoxy) is 1. The van der Waals surface area contributed by atoms with Gasteiger partial charge in [0.2, 0.25) is 0 Å². The molecule has 5 aromatic rings. The van der Waals surface area contributed by atoms with Crippen molar-refractivity contribution in [3.05, 3.63) is 106 Å². The maximum absolute atomic E-state index is 12.3. The van der Waals surface area contributed by atoms with E-state index in [1.807, 2.05) is 66.7 Å². The van der Waals surface area contributed by atoms with Crippen molar-refractivity contribution in [1.29, 1.82) is 0 Å². The number of hydrazone groups is 1. The molecule has 0 aliphatic carbocycles. The molecule has 0 fully saturated rings. The van der Waals surface area contributed by atoms with Crippen LogP contribution in [0.2, 0.25) is 0 Å². The highest BCUT2D eigenvalue weighted by atomic mass is 16.6. The van der Waals surface area contributed by atoms with Crippen molar-refractivity contribution in [2.24, 2.45) is 5.10 Å². The Balaban J connectivity index is 1.24. The van der Waals surface area contributed by atoms with Crippen LogP contribution in [0.15, 0.2) is 90.0 Å². The van der Waals surface area contributed by atoms with Gasteiger partial charge in [0.1, 0.15) is 11.5 Å². The summed E-state index contributed by atoms with van der Waals surface area (Å²) >= 11 is 0. The van der Waals surface area contributed by atoms with Gasteiger partial charge in [-0.1, -0.05) is 36.4 Å². The summed E-state index contributed by atoms with van der Waals surface area (Å²) in [5.74, 6) is 0.884. The van der Waals surface area contributed by atoms with Crippen molar-refractivity contribution in [3.8, 4) is 11.5 Å². The number of non-ortho nitro benzene ring substituents is 1. The fraction of sp³-hybridized carbons (Fsp3) is 0. The normalized spacial score (nSPS) is 11.2. The number of carbonyl (C=O) groups is 1. The van der Waals surface area contributed by atoms with Gasteiger partial charge in [-0.2, -0.15) is 5.10 Å². The molecule has 34 heavy (non-hydrogen) atoms. The molecule has 0 radical (unpaired) electrons. The zero-order chi connectivity index (χ0) is 23.5. The number of nitro benzene ring substituents is 1. The molecule has 166 valence electrons. The number of hydrogen-bond acceptors (Lipinski definition) is 6. The molecule has 1 aromatic heterocycles. The number of fused-ring (bicyclic) bond motifs is 2. The second kappa shape index (κ2) is 8.83. The van der Waals surface area contributed by atoms with Gasteiger partial charge in [-0.3, -0.25) is 14.9 Å². The fourth-order valence-electron chi connectivity index (χ4n) is 3.47. The first-order valence-corrected chi connectivity index (χ1v) is 10.3. The van der Waals surface area contributed by atoms with Crippen LogP contribution in [0.5, 0.6) is 11.5 Å². The Hall–Kier alpha value is -5.05. The summed E-state index contributed by atoms with van der Waals surface area (Å²) in [6.45, 7) is 0. The van der Waals surface area contributed by atoms with E-state index in [-0.39, 0.29) is 11.5 Å². The van der Waals surface area contributed by atoms with E-state index in [4.69, 9.17) is 4.74 Å². The standard InChI is InChI=1S/C25H17N5O4/c31-25(24-27-21-13-10-18(30(32)33)14-22(21)28-24)29-26-15-16-8-11-19(12-9-16)34-23-7-3-5-17-4-1-2-6-20(17)23/h1-15H,(H,27,28)(H,29,31)/b26-15+. The fourth-order valence-corrected chi connectivity index (χ4v) is 3.47. The highest BCUT2D eigenvalue weighted by molar-refractivity contribution is 5.95. The van der Waals surface area contributed by atoms with Crippen molar-refractivity contribution in [3.63, 3.8) is 0 Å². The lowest BCUT2D eigenvalue weighted by Gasteiger charge is -2.09. The van der Waals surface area contributed by atoms with Crippen LogP contribution in [0.1, 0.15) is 16.2 Å². The number of nitro groups is 1. The van der Waals surface area contributed by atoms with E-state index in [0.29, 0.717) is 16.8 Å². The Morgan fingerprint density at radius 1 is 1.03 bits per heavy atom. The highest BCUT2D eigenvalue weighted by Gasteiger charge is 2.13. The van der Waals surface area contributed by atoms with Gasteiger partial charge in [0.25, 0.3) is 5.69 Å². The van der Waals surface area contributed by atoms with E-state index in [2.05, 4.69) is 20.5 Å². The number of hydrogen-bond donors (Lipinski definition) is 2.